The minimum Gasteiger partial charge on any atom is -0.327 e. The van der Waals surface area contributed by atoms with Gasteiger partial charge in [-0.1, -0.05) is 25.8 Å². The number of hydrogen-bond acceptors (Lipinski definition) is 2. The monoisotopic (exact) mass is 251 g/mol. The normalized spacial score (nSPS) is 26.9. The minimum atomic E-state index is 0.447. The summed E-state index contributed by atoms with van der Waals surface area (Å²) in [7, 11) is 0. The molecule has 1 fully saturated rings. The number of rotatable bonds is 5. The van der Waals surface area contributed by atoms with Crippen molar-refractivity contribution in [2.45, 2.75) is 57.9 Å². The molecule has 1 aliphatic rings. The number of nitrogens with two attached hydrogens (primary N) is 1. The maximum absolute atomic E-state index is 6.34. The molecule has 0 aromatic carbocycles. The fraction of sp³-hybridized carbons (Fsp3) is 0.733. The van der Waals surface area contributed by atoms with Crippen molar-refractivity contribution in [3.8, 4) is 0 Å². The molecule has 1 aromatic heterocycles. The van der Waals surface area contributed by atoms with Crippen LogP contribution in [0.4, 0.5) is 0 Å². The van der Waals surface area contributed by atoms with E-state index in [2.05, 4.69) is 24.4 Å². The molecule has 1 saturated carbocycles. The molecule has 0 bridgehead atoms. The fourth-order valence-corrected chi connectivity index (χ4v) is 3.67. The highest BCUT2D eigenvalue weighted by Gasteiger charge is 2.23. The molecule has 0 spiro atoms. The summed E-state index contributed by atoms with van der Waals surface area (Å²) in [6.45, 7) is 2.37. The summed E-state index contributed by atoms with van der Waals surface area (Å²) in [5.41, 5.74) is 6.34. The second-order valence-corrected chi connectivity index (χ2v) is 6.69. The van der Waals surface area contributed by atoms with Gasteiger partial charge in [0.2, 0.25) is 0 Å². The van der Waals surface area contributed by atoms with Crippen molar-refractivity contribution in [2.75, 3.05) is 0 Å². The first-order valence-electron chi connectivity index (χ1n) is 7.03. The van der Waals surface area contributed by atoms with E-state index in [0.29, 0.717) is 6.04 Å². The van der Waals surface area contributed by atoms with Crippen LogP contribution in [0.15, 0.2) is 17.5 Å². The minimum absolute atomic E-state index is 0.447. The Balaban J connectivity index is 1.65. The van der Waals surface area contributed by atoms with Crippen LogP contribution in [-0.2, 0) is 6.42 Å². The molecule has 2 heteroatoms. The fourth-order valence-electron chi connectivity index (χ4n) is 2.92. The molecule has 0 aliphatic heterocycles. The maximum Gasteiger partial charge on any atom is 0.00672 e. The SMILES string of the molecule is CC1CCC(C(N)CCCc2cccs2)CC1. The Morgan fingerprint density at radius 1 is 1.35 bits per heavy atom. The van der Waals surface area contributed by atoms with Gasteiger partial charge >= 0.3 is 0 Å². The Morgan fingerprint density at radius 3 is 2.76 bits per heavy atom. The van der Waals surface area contributed by atoms with E-state index in [0.717, 1.165) is 11.8 Å². The summed E-state index contributed by atoms with van der Waals surface area (Å²) in [4.78, 5) is 1.51. The van der Waals surface area contributed by atoms with Crippen LogP contribution < -0.4 is 5.73 Å². The van der Waals surface area contributed by atoms with Crippen molar-refractivity contribution in [3.05, 3.63) is 22.4 Å². The lowest BCUT2D eigenvalue weighted by Gasteiger charge is -2.30. The van der Waals surface area contributed by atoms with Crippen molar-refractivity contribution in [1.82, 2.24) is 0 Å². The molecule has 96 valence electrons. The molecule has 1 unspecified atom stereocenters. The van der Waals surface area contributed by atoms with Crippen molar-refractivity contribution in [2.24, 2.45) is 17.6 Å². The first kappa shape index (κ1) is 13.1. The van der Waals surface area contributed by atoms with Crippen molar-refractivity contribution in [3.63, 3.8) is 0 Å². The lowest BCUT2D eigenvalue weighted by Crippen LogP contribution is -2.32. The third kappa shape index (κ3) is 4.11. The van der Waals surface area contributed by atoms with Crippen LogP contribution in [0.1, 0.15) is 50.3 Å². The van der Waals surface area contributed by atoms with Gasteiger partial charge in [-0.05, 0) is 55.4 Å². The topological polar surface area (TPSA) is 26.0 Å². The van der Waals surface area contributed by atoms with E-state index in [1.165, 1.54) is 49.8 Å². The molecule has 1 heterocycles. The Kier molecular flexibility index (Phi) is 5.05. The smallest absolute Gasteiger partial charge is 0.00672 e. The molecule has 2 N–H and O–H groups in total. The van der Waals surface area contributed by atoms with Gasteiger partial charge in [-0.2, -0.15) is 0 Å². The zero-order chi connectivity index (χ0) is 12.1. The molecule has 0 saturated heterocycles. The first-order chi connectivity index (χ1) is 8.25. The van der Waals surface area contributed by atoms with Gasteiger partial charge in [0.1, 0.15) is 0 Å². The average Bonchev–Trinajstić information content (AvgIpc) is 2.83. The summed E-state index contributed by atoms with van der Waals surface area (Å²) >= 11 is 1.87. The van der Waals surface area contributed by atoms with E-state index >= 15 is 0 Å². The van der Waals surface area contributed by atoms with E-state index in [9.17, 15) is 0 Å². The average molecular weight is 251 g/mol. The van der Waals surface area contributed by atoms with E-state index in [1.807, 2.05) is 11.3 Å². The molecule has 2 rings (SSSR count). The van der Waals surface area contributed by atoms with E-state index in [1.54, 1.807) is 0 Å². The molecule has 1 aromatic rings. The number of aryl methyl sites for hydroxylation is 1. The van der Waals surface area contributed by atoms with E-state index in [-0.39, 0.29) is 0 Å². The second kappa shape index (κ2) is 6.55. The van der Waals surface area contributed by atoms with Crippen LogP contribution in [-0.4, -0.2) is 6.04 Å². The molecule has 0 amide bonds. The summed E-state index contributed by atoms with van der Waals surface area (Å²) < 4.78 is 0. The zero-order valence-corrected chi connectivity index (χ0v) is 11.7. The van der Waals surface area contributed by atoms with Crippen LogP contribution in [0.2, 0.25) is 0 Å². The summed E-state index contributed by atoms with van der Waals surface area (Å²) in [5.74, 6) is 1.74. The summed E-state index contributed by atoms with van der Waals surface area (Å²) in [5, 5.41) is 2.16. The van der Waals surface area contributed by atoms with Gasteiger partial charge in [-0.15, -0.1) is 11.3 Å². The molecule has 1 nitrogen and oxygen atoms in total. The van der Waals surface area contributed by atoms with Gasteiger partial charge in [0.25, 0.3) is 0 Å². The Labute approximate surface area is 109 Å². The van der Waals surface area contributed by atoms with Gasteiger partial charge in [0.15, 0.2) is 0 Å². The van der Waals surface area contributed by atoms with Crippen molar-refractivity contribution >= 4 is 11.3 Å². The quantitative estimate of drug-likeness (QED) is 0.833. The number of hydrogen-bond donors (Lipinski definition) is 1. The van der Waals surface area contributed by atoms with Crippen LogP contribution in [0.3, 0.4) is 0 Å². The first-order valence-corrected chi connectivity index (χ1v) is 7.91. The van der Waals surface area contributed by atoms with Crippen LogP contribution >= 0.6 is 11.3 Å². The van der Waals surface area contributed by atoms with Gasteiger partial charge < -0.3 is 5.73 Å². The Bertz CT molecular complexity index is 299. The highest BCUT2D eigenvalue weighted by molar-refractivity contribution is 7.09. The lowest BCUT2D eigenvalue weighted by atomic mass is 9.78. The molecular weight excluding hydrogens is 226 g/mol. The predicted molar refractivity (Wildman–Crippen MR) is 76.4 cm³/mol. The Morgan fingerprint density at radius 2 is 2.12 bits per heavy atom. The predicted octanol–water partition coefficient (Wildman–Crippen LogP) is 4.22. The van der Waals surface area contributed by atoms with Crippen LogP contribution in [0, 0.1) is 11.8 Å². The lowest BCUT2D eigenvalue weighted by molar-refractivity contribution is 0.246. The summed E-state index contributed by atoms with van der Waals surface area (Å²) in [6, 6.07) is 4.82. The Hall–Kier alpha value is -0.340. The van der Waals surface area contributed by atoms with E-state index < -0.39 is 0 Å². The standard InChI is InChI=1S/C15H25NS/c1-12-7-9-13(10-8-12)15(16)6-2-4-14-5-3-11-17-14/h3,5,11-13,15H,2,4,6-10,16H2,1H3. The van der Waals surface area contributed by atoms with E-state index in [4.69, 9.17) is 5.73 Å². The summed E-state index contributed by atoms with van der Waals surface area (Å²) in [6.07, 6.45) is 9.19. The van der Waals surface area contributed by atoms with Crippen molar-refractivity contribution < 1.29 is 0 Å². The highest BCUT2D eigenvalue weighted by atomic mass is 32.1. The third-order valence-corrected chi connectivity index (χ3v) is 5.14. The molecule has 1 atom stereocenters. The third-order valence-electron chi connectivity index (χ3n) is 4.21. The number of thiophene rings is 1. The molecule has 17 heavy (non-hydrogen) atoms. The molecular formula is C15H25NS. The maximum atomic E-state index is 6.34. The zero-order valence-electron chi connectivity index (χ0n) is 10.9. The molecule has 0 radical (unpaired) electrons. The highest BCUT2D eigenvalue weighted by Crippen LogP contribution is 2.31. The van der Waals surface area contributed by atoms with Gasteiger partial charge in [-0.25, -0.2) is 0 Å². The van der Waals surface area contributed by atoms with Gasteiger partial charge in [0, 0.05) is 10.9 Å². The molecule has 1 aliphatic carbocycles. The second-order valence-electron chi connectivity index (χ2n) is 5.66. The van der Waals surface area contributed by atoms with Gasteiger partial charge in [-0.3, -0.25) is 0 Å². The van der Waals surface area contributed by atoms with Crippen LogP contribution in [0.25, 0.3) is 0 Å². The van der Waals surface area contributed by atoms with Crippen LogP contribution in [0.5, 0.6) is 0 Å². The van der Waals surface area contributed by atoms with Gasteiger partial charge in [0.05, 0.1) is 0 Å². The largest absolute Gasteiger partial charge is 0.327 e. The van der Waals surface area contributed by atoms with Crippen molar-refractivity contribution in [1.29, 1.82) is 0 Å².